The van der Waals surface area contributed by atoms with Crippen LogP contribution in [0.5, 0.6) is 0 Å². The fourth-order valence-corrected chi connectivity index (χ4v) is 2.33. The van der Waals surface area contributed by atoms with Gasteiger partial charge < -0.3 is 9.73 Å². The van der Waals surface area contributed by atoms with Crippen LogP contribution in [-0.2, 0) is 0 Å². The van der Waals surface area contributed by atoms with Gasteiger partial charge in [-0.05, 0) is 45.5 Å². The number of hydrogen-bond donors (Lipinski definition) is 1. The number of hydrogen-bond acceptors (Lipinski definition) is 3. The molecule has 17 heavy (non-hydrogen) atoms. The predicted molar refractivity (Wildman–Crippen MR) is 72.6 cm³/mol. The number of halogens is 1. The van der Waals surface area contributed by atoms with Gasteiger partial charge in [-0.3, -0.25) is 4.90 Å². The van der Waals surface area contributed by atoms with Gasteiger partial charge in [-0.15, -0.1) is 12.4 Å². The molecule has 4 heteroatoms. The summed E-state index contributed by atoms with van der Waals surface area (Å²) in [5, 5.41) is 3.58. The maximum atomic E-state index is 5.44. The minimum Gasteiger partial charge on any atom is -0.468 e. The number of furan rings is 1. The van der Waals surface area contributed by atoms with E-state index in [1.807, 2.05) is 6.07 Å². The Hall–Kier alpha value is -0.510. The van der Waals surface area contributed by atoms with Gasteiger partial charge in [0.05, 0.1) is 12.3 Å². The van der Waals surface area contributed by atoms with Crippen LogP contribution in [-0.4, -0.2) is 31.1 Å². The topological polar surface area (TPSA) is 28.4 Å². The third-order valence-electron chi connectivity index (χ3n) is 3.54. The molecule has 1 aliphatic rings. The molecule has 0 aliphatic carbocycles. The van der Waals surface area contributed by atoms with Crippen molar-refractivity contribution in [3.63, 3.8) is 0 Å². The molecule has 2 heterocycles. The van der Waals surface area contributed by atoms with Crippen LogP contribution in [0, 0.1) is 0 Å². The van der Waals surface area contributed by atoms with Crippen molar-refractivity contribution < 1.29 is 4.42 Å². The number of piperidine rings is 1. The molecular formula is C13H23ClN2O. The van der Waals surface area contributed by atoms with Crippen LogP contribution in [0.2, 0.25) is 0 Å². The van der Waals surface area contributed by atoms with Crippen LogP contribution < -0.4 is 5.32 Å². The van der Waals surface area contributed by atoms with E-state index >= 15 is 0 Å². The van der Waals surface area contributed by atoms with E-state index in [0.29, 0.717) is 12.1 Å². The van der Waals surface area contributed by atoms with E-state index in [9.17, 15) is 0 Å². The zero-order chi connectivity index (χ0) is 11.4. The molecule has 0 spiro atoms. The number of likely N-dealkylation sites (N-methyl/N-ethyl adjacent to an activating group) is 1. The molecule has 1 fully saturated rings. The first-order valence-electron chi connectivity index (χ1n) is 6.24. The molecule has 1 aromatic rings. The monoisotopic (exact) mass is 258 g/mol. The summed E-state index contributed by atoms with van der Waals surface area (Å²) in [6, 6.07) is 5.02. The summed E-state index contributed by atoms with van der Waals surface area (Å²) in [5.41, 5.74) is 0. The first-order chi connectivity index (χ1) is 7.77. The Balaban J connectivity index is 0.00000144. The molecule has 1 aliphatic heterocycles. The van der Waals surface area contributed by atoms with Crippen molar-refractivity contribution in [1.82, 2.24) is 10.2 Å². The lowest BCUT2D eigenvalue weighted by molar-refractivity contribution is 0.195. The predicted octanol–water partition coefficient (Wildman–Crippen LogP) is 2.84. The van der Waals surface area contributed by atoms with Crippen molar-refractivity contribution >= 4 is 12.4 Å². The fourth-order valence-electron chi connectivity index (χ4n) is 2.33. The Morgan fingerprint density at radius 1 is 1.53 bits per heavy atom. The van der Waals surface area contributed by atoms with Gasteiger partial charge in [0.2, 0.25) is 0 Å². The Bertz CT molecular complexity index is 296. The number of rotatable bonds is 4. The third kappa shape index (κ3) is 4.02. The largest absolute Gasteiger partial charge is 0.468 e. The average Bonchev–Trinajstić information content (AvgIpc) is 2.83. The van der Waals surface area contributed by atoms with Crippen molar-refractivity contribution in [2.24, 2.45) is 0 Å². The molecule has 3 nitrogen and oxygen atoms in total. The van der Waals surface area contributed by atoms with Gasteiger partial charge in [0.25, 0.3) is 0 Å². The van der Waals surface area contributed by atoms with Gasteiger partial charge in [-0.2, -0.15) is 0 Å². The zero-order valence-electron chi connectivity index (χ0n) is 10.7. The van der Waals surface area contributed by atoms with E-state index in [2.05, 4.69) is 30.3 Å². The Labute approximate surface area is 110 Å². The molecule has 0 bridgehead atoms. The highest BCUT2D eigenvalue weighted by Gasteiger charge is 2.19. The molecule has 1 aromatic heterocycles. The van der Waals surface area contributed by atoms with Gasteiger partial charge in [-0.1, -0.05) is 6.42 Å². The van der Waals surface area contributed by atoms with E-state index in [1.165, 1.54) is 25.8 Å². The highest BCUT2D eigenvalue weighted by Crippen LogP contribution is 2.20. The van der Waals surface area contributed by atoms with Crippen molar-refractivity contribution in [2.45, 2.75) is 38.3 Å². The van der Waals surface area contributed by atoms with E-state index in [4.69, 9.17) is 4.42 Å². The summed E-state index contributed by atoms with van der Waals surface area (Å²) < 4.78 is 5.44. The highest BCUT2D eigenvalue weighted by atomic mass is 35.5. The van der Waals surface area contributed by atoms with Gasteiger partial charge >= 0.3 is 0 Å². The highest BCUT2D eigenvalue weighted by molar-refractivity contribution is 5.85. The standard InChI is InChI=1S/C13H22N2O.ClH/c1-11(13-7-5-9-16-13)15(2)10-12-6-3-4-8-14-12;/h5,7,9,11-12,14H,3-4,6,8,10H2,1-2H3;1H. The lowest BCUT2D eigenvalue weighted by atomic mass is 10.0. The van der Waals surface area contributed by atoms with Gasteiger partial charge in [0, 0.05) is 12.6 Å². The number of nitrogens with zero attached hydrogens (tertiary/aromatic N) is 1. The molecule has 0 amide bonds. The normalized spacial score (nSPS) is 22.2. The van der Waals surface area contributed by atoms with Crippen molar-refractivity contribution in [3.8, 4) is 0 Å². The van der Waals surface area contributed by atoms with Gasteiger partial charge in [0.15, 0.2) is 0 Å². The fraction of sp³-hybridized carbons (Fsp3) is 0.692. The molecule has 1 saturated heterocycles. The first-order valence-corrected chi connectivity index (χ1v) is 6.24. The van der Waals surface area contributed by atoms with Crippen LogP contribution in [0.25, 0.3) is 0 Å². The first kappa shape index (κ1) is 14.6. The summed E-state index contributed by atoms with van der Waals surface area (Å²) in [4.78, 5) is 2.36. The quantitative estimate of drug-likeness (QED) is 0.900. The third-order valence-corrected chi connectivity index (χ3v) is 3.54. The maximum Gasteiger partial charge on any atom is 0.120 e. The molecule has 2 atom stereocenters. The summed E-state index contributed by atoms with van der Waals surface area (Å²) in [7, 11) is 2.17. The van der Waals surface area contributed by atoms with E-state index < -0.39 is 0 Å². The molecule has 0 radical (unpaired) electrons. The van der Waals surface area contributed by atoms with Crippen molar-refractivity contribution in [2.75, 3.05) is 20.1 Å². The zero-order valence-corrected chi connectivity index (χ0v) is 11.5. The summed E-state index contributed by atoms with van der Waals surface area (Å²) in [5.74, 6) is 1.05. The molecule has 2 unspecified atom stereocenters. The smallest absolute Gasteiger partial charge is 0.120 e. The second-order valence-electron chi connectivity index (χ2n) is 4.78. The van der Waals surface area contributed by atoms with E-state index in [0.717, 1.165) is 12.3 Å². The van der Waals surface area contributed by atoms with Crippen molar-refractivity contribution in [1.29, 1.82) is 0 Å². The SMILES string of the molecule is CC(c1ccco1)N(C)CC1CCCCN1.Cl. The minimum atomic E-state index is 0. The maximum absolute atomic E-state index is 5.44. The Morgan fingerprint density at radius 3 is 2.94 bits per heavy atom. The van der Waals surface area contributed by atoms with Crippen LogP contribution in [0.3, 0.4) is 0 Å². The van der Waals surface area contributed by atoms with Crippen LogP contribution in [0.15, 0.2) is 22.8 Å². The molecular weight excluding hydrogens is 236 g/mol. The van der Waals surface area contributed by atoms with Gasteiger partial charge in [-0.25, -0.2) is 0 Å². The molecule has 1 N–H and O–H groups in total. The molecule has 0 aromatic carbocycles. The van der Waals surface area contributed by atoms with Crippen LogP contribution >= 0.6 is 12.4 Å². The van der Waals surface area contributed by atoms with Crippen molar-refractivity contribution in [3.05, 3.63) is 24.2 Å². The average molecular weight is 259 g/mol. The second-order valence-corrected chi connectivity index (χ2v) is 4.78. The summed E-state index contributed by atoms with van der Waals surface area (Å²) in [6.07, 6.45) is 5.74. The second kappa shape index (κ2) is 7.04. The van der Waals surface area contributed by atoms with Crippen LogP contribution in [0.4, 0.5) is 0 Å². The summed E-state index contributed by atoms with van der Waals surface area (Å²) in [6.45, 7) is 4.47. The lowest BCUT2D eigenvalue weighted by Gasteiger charge is -2.30. The molecule has 0 saturated carbocycles. The van der Waals surface area contributed by atoms with Gasteiger partial charge in [0.1, 0.15) is 5.76 Å². The lowest BCUT2D eigenvalue weighted by Crippen LogP contribution is -2.43. The Morgan fingerprint density at radius 2 is 2.35 bits per heavy atom. The molecule has 98 valence electrons. The summed E-state index contributed by atoms with van der Waals surface area (Å²) >= 11 is 0. The minimum absolute atomic E-state index is 0. The van der Waals surface area contributed by atoms with E-state index in [1.54, 1.807) is 6.26 Å². The Kier molecular flexibility index (Phi) is 6.03. The number of nitrogens with one attached hydrogen (secondary N) is 1. The van der Waals surface area contributed by atoms with E-state index in [-0.39, 0.29) is 12.4 Å². The van der Waals surface area contributed by atoms with Crippen LogP contribution in [0.1, 0.15) is 38.0 Å². The molecule has 2 rings (SSSR count).